The van der Waals surface area contributed by atoms with E-state index in [1.165, 1.54) is 0 Å². The van der Waals surface area contributed by atoms with Gasteiger partial charge in [0.25, 0.3) is 0 Å². The molecule has 1 saturated heterocycles. The zero-order valence-corrected chi connectivity index (χ0v) is 12.5. The summed E-state index contributed by atoms with van der Waals surface area (Å²) >= 11 is 0. The van der Waals surface area contributed by atoms with Gasteiger partial charge in [0, 0.05) is 12.2 Å². The first-order valence-electron chi connectivity index (χ1n) is 7.25. The van der Waals surface area contributed by atoms with Crippen molar-refractivity contribution in [1.29, 1.82) is 0 Å². The third-order valence-corrected chi connectivity index (χ3v) is 4.14. The van der Waals surface area contributed by atoms with Crippen molar-refractivity contribution >= 4 is 17.6 Å². The Hall–Kier alpha value is -1.88. The molecule has 5 heteroatoms. The van der Waals surface area contributed by atoms with Crippen molar-refractivity contribution in [3.63, 3.8) is 0 Å². The number of nitrogens with one attached hydrogen (secondary N) is 2. The Morgan fingerprint density at radius 3 is 2.57 bits per heavy atom. The number of aliphatic carboxylic acids is 1. The van der Waals surface area contributed by atoms with Crippen LogP contribution in [0.25, 0.3) is 0 Å². The monoisotopic (exact) mass is 290 g/mol. The largest absolute Gasteiger partial charge is 0.481 e. The van der Waals surface area contributed by atoms with Crippen LogP contribution in [0.15, 0.2) is 24.3 Å². The Kier molecular flexibility index (Phi) is 4.63. The molecule has 2 unspecified atom stereocenters. The third-order valence-electron chi connectivity index (χ3n) is 4.14. The molecule has 0 spiro atoms. The van der Waals surface area contributed by atoms with E-state index in [0.29, 0.717) is 6.54 Å². The van der Waals surface area contributed by atoms with Crippen molar-refractivity contribution in [2.45, 2.75) is 32.6 Å². The van der Waals surface area contributed by atoms with Gasteiger partial charge in [0.2, 0.25) is 5.91 Å². The second-order valence-electron chi connectivity index (χ2n) is 6.06. The van der Waals surface area contributed by atoms with E-state index < -0.39 is 5.97 Å². The smallest absolute Gasteiger partial charge is 0.303 e. The predicted octanol–water partition coefficient (Wildman–Crippen LogP) is 2.20. The molecule has 2 rings (SSSR count). The first kappa shape index (κ1) is 15.5. The summed E-state index contributed by atoms with van der Waals surface area (Å²) in [6, 6.07) is 7.41. The minimum Gasteiger partial charge on any atom is -0.481 e. The molecule has 0 aliphatic carbocycles. The fraction of sp³-hybridized carbons (Fsp3) is 0.500. The van der Waals surface area contributed by atoms with E-state index >= 15 is 0 Å². The van der Waals surface area contributed by atoms with E-state index in [1.54, 1.807) is 0 Å². The number of carbonyl (C=O) groups is 2. The van der Waals surface area contributed by atoms with Crippen molar-refractivity contribution in [3.05, 3.63) is 29.8 Å². The van der Waals surface area contributed by atoms with Crippen molar-refractivity contribution in [2.75, 3.05) is 18.4 Å². The standard InChI is InChI=1S/C16H22N2O3/c1-11(9-14(19)20)12-3-5-13(6-4-12)18-15(21)16(2)7-8-17-10-16/h3-6,11,17H,7-10H2,1-2H3,(H,18,21)(H,19,20). The highest BCUT2D eigenvalue weighted by molar-refractivity contribution is 5.95. The summed E-state index contributed by atoms with van der Waals surface area (Å²) in [5.74, 6) is -0.816. The van der Waals surface area contributed by atoms with Crippen LogP contribution in [-0.2, 0) is 9.59 Å². The minimum atomic E-state index is -0.804. The first-order valence-corrected chi connectivity index (χ1v) is 7.25. The normalized spacial score (nSPS) is 22.8. The Balaban J connectivity index is 1.99. The average molecular weight is 290 g/mol. The van der Waals surface area contributed by atoms with Crippen LogP contribution in [0.3, 0.4) is 0 Å². The van der Waals surface area contributed by atoms with Crippen LogP contribution in [-0.4, -0.2) is 30.1 Å². The van der Waals surface area contributed by atoms with Crippen molar-refractivity contribution in [2.24, 2.45) is 5.41 Å². The van der Waals surface area contributed by atoms with Gasteiger partial charge >= 0.3 is 5.97 Å². The zero-order valence-electron chi connectivity index (χ0n) is 12.5. The van der Waals surface area contributed by atoms with E-state index in [2.05, 4.69) is 10.6 Å². The molecule has 5 nitrogen and oxygen atoms in total. The molecule has 1 aromatic rings. The van der Waals surface area contributed by atoms with Gasteiger partial charge < -0.3 is 15.7 Å². The van der Waals surface area contributed by atoms with Gasteiger partial charge in [-0.15, -0.1) is 0 Å². The summed E-state index contributed by atoms with van der Waals surface area (Å²) in [7, 11) is 0. The van der Waals surface area contributed by atoms with Gasteiger partial charge in [-0.25, -0.2) is 0 Å². The molecule has 1 aliphatic rings. The lowest BCUT2D eigenvalue weighted by molar-refractivity contribution is -0.137. The maximum atomic E-state index is 12.3. The minimum absolute atomic E-state index is 0.0267. The number of anilines is 1. The number of carbonyl (C=O) groups excluding carboxylic acids is 1. The molecule has 0 radical (unpaired) electrons. The summed E-state index contributed by atoms with van der Waals surface area (Å²) in [6.07, 6.45) is 0.946. The Morgan fingerprint density at radius 2 is 2.05 bits per heavy atom. The van der Waals surface area contributed by atoms with Gasteiger partial charge in [-0.1, -0.05) is 19.1 Å². The van der Waals surface area contributed by atoms with Crippen LogP contribution in [0, 0.1) is 5.41 Å². The summed E-state index contributed by atoms with van der Waals surface area (Å²) in [5, 5.41) is 14.9. The summed E-state index contributed by atoms with van der Waals surface area (Å²) < 4.78 is 0. The Morgan fingerprint density at radius 1 is 1.38 bits per heavy atom. The van der Waals surface area contributed by atoms with Crippen LogP contribution >= 0.6 is 0 Å². The van der Waals surface area contributed by atoms with E-state index in [4.69, 9.17) is 5.11 Å². The van der Waals surface area contributed by atoms with E-state index in [9.17, 15) is 9.59 Å². The number of carboxylic acids is 1. The molecular formula is C16H22N2O3. The number of carboxylic acid groups (broad SMARTS) is 1. The van der Waals surface area contributed by atoms with Crippen molar-refractivity contribution < 1.29 is 14.7 Å². The van der Waals surface area contributed by atoms with Crippen LogP contribution in [0.4, 0.5) is 5.69 Å². The molecule has 1 aliphatic heterocycles. The van der Waals surface area contributed by atoms with Crippen LogP contribution in [0.5, 0.6) is 0 Å². The summed E-state index contributed by atoms with van der Waals surface area (Å²) in [6.45, 7) is 5.42. The molecule has 0 bridgehead atoms. The maximum absolute atomic E-state index is 12.3. The fourth-order valence-electron chi connectivity index (χ4n) is 2.57. The van der Waals surface area contributed by atoms with Gasteiger partial charge in [-0.3, -0.25) is 9.59 Å². The maximum Gasteiger partial charge on any atom is 0.303 e. The zero-order chi connectivity index (χ0) is 15.5. The molecule has 2 atom stereocenters. The van der Waals surface area contributed by atoms with Crippen LogP contribution < -0.4 is 10.6 Å². The van der Waals surface area contributed by atoms with Gasteiger partial charge in [-0.05, 0) is 43.5 Å². The number of rotatable bonds is 5. The fourth-order valence-corrected chi connectivity index (χ4v) is 2.57. The SMILES string of the molecule is CC(CC(=O)O)c1ccc(NC(=O)C2(C)CCNC2)cc1. The lowest BCUT2D eigenvalue weighted by Gasteiger charge is -2.21. The van der Waals surface area contributed by atoms with E-state index in [-0.39, 0.29) is 23.7 Å². The second-order valence-corrected chi connectivity index (χ2v) is 6.06. The van der Waals surface area contributed by atoms with Crippen molar-refractivity contribution in [1.82, 2.24) is 5.32 Å². The summed E-state index contributed by atoms with van der Waals surface area (Å²) in [5.41, 5.74) is 1.36. The molecule has 1 heterocycles. The van der Waals surface area contributed by atoms with Gasteiger partial charge in [0.15, 0.2) is 0 Å². The highest BCUT2D eigenvalue weighted by Gasteiger charge is 2.36. The topological polar surface area (TPSA) is 78.4 Å². The number of amides is 1. The van der Waals surface area contributed by atoms with Crippen LogP contribution in [0.2, 0.25) is 0 Å². The molecule has 114 valence electrons. The summed E-state index contributed by atoms with van der Waals surface area (Å²) in [4.78, 5) is 23.0. The molecule has 0 saturated carbocycles. The van der Waals surface area contributed by atoms with Crippen molar-refractivity contribution in [3.8, 4) is 0 Å². The van der Waals surface area contributed by atoms with Crippen LogP contribution in [0.1, 0.15) is 38.2 Å². The first-order chi connectivity index (χ1) is 9.90. The molecule has 21 heavy (non-hydrogen) atoms. The molecule has 1 fully saturated rings. The Labute approximate surface area is 124 Å². The predicted molar refractivity (Wildman–Crippen MR) is 81.3 cm³/mol. The molecule has 1 aromatic carbocycles. The second kappa shape index (κ2) is 6.26. The highest BCUT2D eigenvalue weighted by atomic mass is 16.4. The van der Waals surface area contributed by atoms with E-state index in [1.807, 2.05) is 38.1 Å². The third kappa shape index (κ3) is 3.82. The Bertz CT molecular complexity index is 519. The number of hydrogen-bond donors (Lipinski definition) is 3. The van der Waals surface area contributed by atoms with E-state index in [0.717, 1.165) is 24.2 Å². The number of benzene rings is 1. The van der Waals surface area contributed by atoms with Gasteiger partial charge in [0.1, 0.15) is 0 Å². The molecule has 3 N–H and O–H groups in total. The molecule has 0 aromatic heterocycles. The molecular weight excluding hydrogens is 268 g/mol. The average Bonchev–Trinajstić information content (AvgIpc) is 2.87. The number of hydrogen-bond acceptors (Lipinski definition) is 3. The quantitative estimate of drug-likeness (QED) is 0.777. The van der Waals surface area contributed by atoms with Gasteiger partial charge in [-0.2, -0.15) is 0 Å². The highest BCUT2D eigenvalue weighted by Crippen LogP contribution is 2.27. The van der Waals surface area contributed by atoms with Gasteiger partial charge in [0.05, 0.1) is 11.8 Å². The molecule has 1 amide bonds. The lowest BCUT2D eigenvalue weighted by atomic mass is 9.88. The lowest BCUT2D eigenvalue weighted by Crippen LogP contribution is -2.35.